The van der Waals surface area contributed by atoms with E-state index in [1.165, 1.54) is 0 Å². The van der Waals surface area contributed by atoms with E-state index < -0.39 is 5.92 Å². The number of nitrogens with one attached hydrogen (secondary N) is 1. The van der Waals surface area contributed by atoms with Crippen molar-refractivity contribution in [3.8, 4) is 17.6 Å². The predicted molar refractivity (Wildman–Crippen MR) is 96.8 cm³/mol. The molecule has 1 amide bonds. The van der Waals surface area contributed by atoms with Gasteiger partial charge >= 0.3 is 0 Å². The largest absolute Gasteiger partial charge is 0.454 e. The van der Waals surface area contributed by atoms with Crippen LogP contribution in [0.1, 0.15) is 18.1 Å². The van der Waals surface area contributed by atoms with E-state index in [1.54, 1.807) is 6.92 Å². The molecule has 0 aliphatic carbocycles. The first kappa shape index (κ1) is 17.5. The Labute approximate surface area is 152 Å². The van der Waals surface area contributed by atoms with Crippen molar-refractivity contribution in [2.24, 2.45) is 10.9 Å². The molecular formula is C20H19N3O3. The van der Waals surface area contributed by atoms with Crippen molar-refractivity contribution in [1.29, 1.82) is 5.26 Å². The standard InChI is InChI=1S/C20H19N3O3/c1-14(22-12-16-7-8-18-19(9-16)26-13-25-18)17(10-21)20(24)23-11-15-5-3-2-4-6-15/h2-9,17H,11-13H2,1H3,(H,23,24). The summed E-state index contributed by atoms with van der Waals surface area (Å²) >= 11 is 0. The lowest BCUT2D eigenvalue weighted by molar-refractivity contribution is -0.121. The minimum Gasteiger partial charge on any atom is -0.454 e. The summed E-state index contributed by atoms with van der Waals surface area (Å²) in [5.41, 5.74) is 2.39. The van der Waals surface area contributed by atoms with Crippen LogP contribution in [-0.4, -0.2) is 18.4 Å². The van der Waals surface area contributed by atoms with Crippen LogP contribution in [0.3, 0.4) is 0 Å². The van der Waals surface area contributed by atoms with Crippen molar-refractivity contribution in [2.45, 2.75) is 20.0 Å². The summed E-state index contributed by atoms with van der Waals surface area (Å²) in [6, 6.07) is 17.2. The zero-order valence-corrected chi connectivity index (χ0v) is 14.4. The van der Waals surface area contributed by atoms with Crippen molar-refractivity contribution in [3.05, 3.63) is 59.7 Å². The van der Waals surface area contributed by atoms with Crippen LogP contribution >= 0.6 is 0 Å². The van der Waals surface area contributed by atoms with Gasteiger partial charge in [0.1, 0.15) is 0 Å². The molecule has 1 aliphatic rings. The van der Waals surface area contributed by atoms with E-state index in [4.69, 9.17) is 9.47 Å². The first-order chi connectivity index (χ1) is 12.7. The lowest BCUT2D eigenvalue weighted by Crippen LogP contribution is -2.33. The van der Waals surface area contributed by atoms with Crippen LogP contribution in [-0.2, 0) is 17.9 Å². The molecule has 132 valence electrons. The Hall–Kier alpha value is -3.33. The number of nitrogens with zero attached hydrogens (tertiary/aromatic N) is 2. The van der Waals surface area contributed by atoms with Crippen molar-refractivity contribution in [2.75, 3.05) is 6.79 Å². The molecule has 2 aromatic carbocycles. The zero-order chi connectivity index (χ0) is 18.4. The van der Waals surface area contributed by atoms with E-state index in [0.29, 0.717) is 30.3 Å². The van der Waals surface area contributed by atoms with Crippen LogP contribution in [0.25, 0.3) is 0 Å². The van der Waals surface area contributed by atoms with Gasteiger partial charge in [0.05, 0.1) is 12.6 Å². The van der Waals surface area contributed by atoms with Gasteiger partial charge in [0.25, 0.3) is 0 Å². The molecule has 0 aromatic heterocycles. The minimum absolute atomic E-state index is 0.221. The Balaban J connectivity index is 1.60. The molecular weight excluding hydrogens is 330 g/mol. The predicted octanol–water partition coefficient (Wildman–Crippen LogP) is 2.83. The Morgan fingerprint density at radius 3 is 2.73 bits per heavy atom. The number of hydrogen-bond donors (Lipinski definition) is 1. The van der Waals surface area contributed by atoms with E-state index in [-0.39, 0.29) is 12.7 Å². The number of ether oxygens (including phenoxy) is 2. The molecule has 2 aromatic rings. The molecule has 1 aliphatic heterocycles. The van der Waals surface area contributed by atoms with Crippen molar-refractivity contribution < 1.29 is 14.3 Å². The number of aliphatic imine (C=N–C) groups is 1. The summed E-state index contributed by atoms with van der Waals surface area (Å²) in [5, 5.41) is 12.1. The summed E-state index contributed by atoms with van der Waals surface area (Å²) in [6.45, 7) is 2.67. The van der Waals surface area contributed by atoms with Gasteiger partial charge < -0.3 is 14.8 Å². The second-order valence-electron chi connectivity index (χ2n) is 5.91. The van der Waals surface area contributed by atoms with Crippen LogP contribution in [0.4, 0.5) is 0 Å². The van der Waals surface area contributed by atoms with E-state index in [1.807, 2.05) is 54.6 Å². The molecule has 0 bridgehead atoms. The number of fused-ring (bicyclic) bond motifs is 1. The number of nitriles is 1. The lowest BCUT2D eigenvalue weighted by atomic mass is 10.0. The highest BCUT2D eigenvalue weighted by Gasteiger charge is 2.21. The molecule has 0 fully saturated rings. The topological polar surface area (TPSA) is 83.7 Å². The Morgan fingerprint density at radius 2 is 1.96 bits per heavy atom. The van der Waals surface area contributed by atoms with Gasteiger partial charge in [-0.3, -0.25) is 9.79 Å². The van der Waals surface area contributed by atoms with E-state index in [2.05, 4.69) is 10.3 Å². The SMILES string of the molecule is CC(=NCc1ccc2c(c1)OCO2)C(C#N)C(=O)NCc1ccccc1. The fraction of sp³-hybridized carbons (Fsp3) is 0.250. The average molecular weight is 349 g/mol. The van der Waals surface area contributed by atoms with Crippen molar-refractivity contribution in [3.63, 3.8) is 0 Å². The van der Waals surface area contributed by atoms with Gasteiger partial charge in [0, 0.05) is 12.3 Å². The van der Waals surface area contributed by atoms with Crippen LogP contribution in [0, 0.1) is 17.2 Å². The van der Waals surface area contributed by atoms with Gasteiger partial charge in [-0.15, -0.1) is 0 Å². The molecule has 1 atom stereocenters. The van der Waals surface area contributed by atoms with Crippen LogP contribution < -0.4 is 14.8 Å². The molecule has 3 rings (SSSR count). The van der Waals surface area contributed by atoms with E-state index in [0.717, 1.165) is 11.1 Å². The highest BCUT2D eigenvalue weighted by atomic mass is 16.7. The molecule has 1 heterocycles. The molecule has 0 radical (unpaired) electrons. The summed E-state index contributed by atoms with van der Waals surface area (Å²) < 4.78 is 10.6. The normalized spacial score (nSPS) is 13.8. The monoisotopic (exact) mass is 349 g/mol. The Kier molecular flexibility index (Phi) is 5.49. The van der Waals surface area contributed by atoms with Gasteiger partial charge in [-0.05, 0) is 30.2 Å². The second-order valence-corrected chi connectivity index (χ2v) is 5.91. The molecule has 1 unspecified atom stereocenters. The smallest absolute Gasteiger partial charge is 0.243 e. The third kappa shape index (κ3) is 4.19. The van der Waals surface area contributed by atoms with E-state index >= 15 is 0 Å². The molecule has 26 heavy (non-hydrogen) atoms. The third-order valence-corrected chi connectivity index (χ3v) is 4.07. The first-order valence-corrected chi connectivity index (χ1v) is 8.28. The maximum atomic E-state index is 12.3. The fourth-order valence-corrected chi connectivity index (χ4v) is 2.58. The molecule has 0 saturated carbocycles. The van der Waals surface area contributed by atoms with Crippen LogP contribution in [0.5, 0.6) is 11.5 Å². The fourth-order valence-electron chi connectivity index (χ4n) is 2.58. The summed E-state index contributed by atoms with van der Waals surface area (Å²) in [7, 11) is 0. The Bertz CT molecular complexity index is 856. The number of carbonyl (C=O) groups excluding carboxylic acids is 1. The van der Waals surface area contributed by atoms with Gasteiger partial charge in [0.2, 0.25) is 12.7 Å². The highest BCUT2D eigenvalue weighted by molar-refractivity contribution is 6.05. The minimum atomic E-state index is -0.910. The molecule has 6 nitrogen and oxygen atoms in total. The lowest BCUT2D eigenvalue weighted by Gasteiger charge is -2.10. The molecule has 6 heteroatoms. The molecule has 0 saturated heterocycles. The second kappa shape index (κ2) is 8.17. The van der Waals surface area contributed by atoms with Gasteiger partial charge in [-0.25, -0.2) is 0 Å². The van der Waals surface area contributed by atoms with Crippen LogP contribution in [0.15, 0.2) is 53.5 Å². The number of amides is 1. The molecule has 0 spiro atoms. The number of hydrogen-bond acceptors (Lipinski definition) is 5. The number of benzene rings is 2. The summed E-state index contributed by atoms with van der Waals surface area (Å²) in [4.78, 5) is 16.7. The van der Waals surface area contributed by atoms with Crippen molar-refractivity contribution >= 4 is 11.6 Å². The average Bonchev–Trinajstić information content (AvgIpc) is 3.14. The zero-order valence-electron chi connectivity index (χ0n) is 14.4. The van der Waals surface area contributed by atoms with Gasteiger partial charge in [-0.1, -0.05) is 36.4 Å². The summed E-state index contributed by atoms with van der Waals surface area (Å²) in [5.74, 6) is 0.147. The van der Waals surface area contributed by atoms with Gasteiger partial charge in [0.15, 0.2) is 17.4 Å². The summed E-state index contributed by atoms with van der Waals surface area (Å²) in [6.07, 6.45) is 0. The Morgan fingerprint density at radius 1 is 1.19 bits per heavy atom. The maximum Gasteiger partial charge on any atom is 0.243 e. The van der Waals surface area contributed by atoms with Crippen molar-refractivity contribution in [1.82, 2.24) is 5.32 Å². The number of carbonyl (C=O) groups is 1. The van der Waals surface area contributed by atoms with Gasteiger partial charge in [-0.2, -0.15) is 5.26 Å². The first-order valence-electron chi connectivity index (χ1n) is 8.28. The maximum absolute atomic E-state index is 12.3. The van der Waals surface area contributed by atoms with Crippen LogP contribution in [0.2, 0.25) is 0 Å². The quantitative estimate of drug-likeness (QED) is 0.813. The third-order valence-electron chi connectivity index (χ3n) is 4.07. The number of rotatable bonds is 6. The molecule has 1 N–H and O–H groups in total. The highest BCUT2D eigenvalue weighted by Crippen LogP contribution is 2.32. The van der Waals surface area contributed by atoms with E-state index in [9.17, 15) is 10.1 Å².